The maximum Gasteiger partial charge on any atom is 0.160 e. The van der Waals surface area contributed by atoms with Crippen molar-refractivity contribution in [1.29, 1.82) is 0 Å². The topological polar surface area (TPSA) is 38.9 Å². The molecule has 290 valence electrons. The van der Waals surface area contributed by atoms with Gasteiger partial charge in [0, 0.05) is 27.5 Å². The maximum atomic E-state index is 8.24. The molecule has 2 aromatic heterocycles. The zero-order chi connectivity index (χ0) is 41.9. The largest absolute Gasteiger partial charge is 0.456 e. The number of hydrogen-bond donors (Lipinski definition) is 0. The van der Waals surface area contributed by atoms with Crippen molar-refractivity contribution in [2.75, 3.05) is 0 Å². The number of hydrogen-bond acceptors (Lipinski definition) is 3. The molecule has 11 aromatic rings. The number of nitrogens with zero attached hydrogens (tertiary/aromatic N) is 2. The van der Waals surface area contributed by atoms with Gasteiger partial charge in [-0.1, -0.05) is 188 Å². The summed E-state index contributed by atoms with van der Waals surface area (Å²) in [4.78, 5) is 10.8. The molecule has 1 aliphatic carbocycles. The van der Waals surface area contributed by atoms with E-state index in [0.29, 0.717) is 11.9 Å². The lowest BCUT2D eigenvalue weighted by Crippen LogP contribution is -2.28. The van der Waals surface area contributed by atoms with E-state index >= 15 is 0 Å². The predicted octanol–water partition coefficient (Wildman–Crippen LogP) is 15.1. The molecule has 0 bridgehead atoms. The third kappa shape index (κ3) is 5.74. The van der Waals surface area contributed by atoms with Crippen molar-refractivity contribution >= 4 is 21.9 Å². The van der Waals surface area contributed by atoms with Crippen LogP contribution in [0.4, 0.5) is 0 Å². The average Bonchev–Trinajstić information content (AvgIpc) is 3.88. The zero-order valence-electron chi connectivity index (χ0n) is 34.7. The van der Waals surface area contributed by atoms with Gasteiger partial charge in [0.2, 0.25) is 0 Å². The van der Waals surface area contributed by atoms with E-state index in [1.54, 1.807) is 0 Å². The van der Waals surface area contributed by atoms with Gasteiger partial charge < -0.3 is 4.42 Å². The van der Waals surface area contributed by atoms with Crippen LogP contribution in [0.1, 0.15) is 23.6 Å². The van der Waals surface area contributed by atoms with Crippen LogP contribution in [0.3, 0.4) is 0 Å². The Bertz CT molecular complexity index is 3470. The smallest absolute Gasteiger partial charge is 0.160 e. The van der Waals surface area contributed by atoms with Crippen molar-refractivity contribution < 1.29 is 5.79 Å². The lowest BCUT2D eigenvalue weighted by Gasteiger charge is -2.33. The monoisotopic (exact) mass is 791 g/mol. The fourth-order valence-corrected chi connectivity index (χ4v) is 9.75. The normalized spacial score (nSPS) is 12.9. The van der Waals surface area contributed by atoms with Crippen LogP contribution in [0.5, 0.6) is 0 Å². The summed E-state index contributed by atoms with van der Waals surface area (Å²) in [7, 11) is 0. The molecule has 3 nitrogen and oxygen atoms in total. The van der Waals surface area contributed by atoms with Crippen molar-refractivity contribution in [3.05, 3.63) is 253 Å². The van der Waals surface area contributed by atoms with E-state index in [2.05, 4.69) is 170 Å². The molecule has 12 rings (SSSR count). The summed E-state index contributed by atoms with van der Waals surface area (Å²) in [6, 6.07) is 79.4. The molecule has 0 N–H and O–H groups in total. The van der Waals surface area contributed by atoms with E-state index in [4.69, 9.17) is 15.8 Å². The van der Waals surface area contributed by atoms with Crippen molar-refractivity contribution in [2.24, 2.45) is 0 Å². The van der Waals surface area contributed by atoms with Gasteiger partial charge in [-0.2, -0.15) is 0 Å². The predicted molar refractivity (Wildman–Crippen MR) is 254 cm³/mol. The molecule has 0 atom stereocenters. The van der Waals surface area contributed by atoms with Gasteiger partial charge in [-0.3, -0.25) is 0 Å². The molecule has 0 saturated carbocycles. The van der Waals surface area contributed by atoms with Crippen LogP contribution in [-0.4, -0.2) is 9.97 Å². The number of benzene rings is 9. The molecule has 0 aliphatic heterocycles. The van der Waals surface area contributed by atoms with E-state index < -0.39 is 5.41 Å². The van der Waals surface area contributed by atoms with Crippen LogP contribution in [0.2, 0.25) is 0 Å². The van der Waals surface area contributed by atoms with Gasteiger partial charge in [0.25, 0.3) is 0 Å². The second-order valence-electron chi connectivity index (χ2n) is 16.0. The molecule has 0 spiro atoms. The summed E-state index contributed by atoms with van der Waals surface area (Å²) in [5.74, 6) is 0.654. The molecule has 0 saturated heterocycles. The second kappa shape index (κ2) is 14.5. The lowest BCUT2D eigenvalue weighted by molar-refractivity contribution is 0.669. The molecule has 0 radical (unpaired) electrons. The maximum absolute atomic E-state index is 8.24. The Morgan fingerprint density at radius 2 is 0.952 bits per heavy atom. The van der Waals surface area contributed by atoms with E-state index in [9.17, 15) is 0 Å². The van der Waals surface area contributed by atoms with Gasteiger partial charge in [0.15, 0.2) is 5.82 Å². The van der Waals surface area contributed by atoms with Crippen LogP contribution in [0.15, 0.2) is 235 Å². The fourth-order valence-electron chi connectivity index (χ4n) is 9.75. The minimum absolute atomic E-state index is 0.473. The Morgan fingerprint density at radius 1 is 0.371 bits per heavy atom. The van der Waals surface area contributed by atoms with Gasteiger partial charge in [-0.05, 0) is 98.1 Å². The first kappa shape index (κ1) is 34.7. The minimum Gasteiger partial charge on any atom is -0.456 e. The van der Waals surface area contributed by atoms with Crippen LogP contribution in [0, 0.1) is 0 Å². The summed E-state index contributed by atoms with van der Waals surface area (Å²) < 4.78 is 14.5. The van der Waals surface area contributed by atoms with E-state index in [-0.39, 0.29) is 0 Å². The highest BCUT2D eigenvalue weighted by Crippen LogP contribution is 2.58. The Balaban J connectivity index is 1.11. The lowest BCUT2D eigenvalue weighted by atomic mass is 9.67. The summed E-state index contributed by atoms with van der Waals surface area (Å²) >= 11 is 0. The molecule has 2 heterocycles. The number of aromatic nitrogens is 2. The van der Waals surface area contributed by atoms with Crippen LogP contribution < -0.4 is 0 Å². The van der Waals surface area contributed by atoms with Crippen molar-refractivity contribution in [1.82, 2.24) is 9.97 Å². The highest BCUT2D eigenvalue weighted by Gasteiger charge is 2.46. The molecular formula is C59H38N2O. The Kier molecular flexibility index (Phi) is 8.14. The van der Waals surface area contributed by atoms with Gasteiger partial charge in [0.1, 0.15) is 11.2 Å². The first-order valence-corrected chi connectivity index (χ1v) is 21.1. The summed E-state index contributed by atoms with van der Waals surface area (Å²) in [6.45, 7) is 0. The van der Waals surface area contributed by atoms with E-state index in [1.165, 1.54) is 33.4 Å². The first-order chi connectivity index (χ1) is 31.1. The quantitative estimate of drug-likeness (QED) is 0.161. The minimum atomic E-state index is -0.540. The fraction of sp³-hybridized carbons (Fsp3) is 0.0169. The number of para-hydroxylation sites is 1. The first-order valence-electron chi connectivity index (χ1n) is 21.6. The van der Waals surface area contributed by atoms with Crippen molar-refractivity contribution in [2.45, 2.75) is 5.41 Å². The number of rotatable bonds is 7. The van der Waals surface area contributed by atoms with Crippen LogP contribution in [0.25, 0.3) is 89.2 Å². The van der Waals surface area contributed by atoms with Gasteiger partial charge in [0.05, 0.1) is 18.2 Å². The van der Waals surface area contributed by atoms with E-state index in [1.807, 2.05) is 54.6 Å². The Labute approximate surface area is 361 Å². The summed E-state index contributed by atoms with van der Waals surface area (Å²) in [6.07, 6.45) is 0. The Morgan fingerprint density at radius 3 is 1.73 bits per heavy atom. The molecule has 3 heteroatoms. The highest BCUT2D eigenvalue weighted by atomic mass is 16.3. The molecule has 0 amide bonds. The van der Waals surface area contributed by atoms with Crippen molar-refractivity contribution in [3.63, 3.8) is 0 Å². The van der Waals surface area contributed by atoms with Gasteiger partial charge >= 0.3 is 0 Å². The van der Waals surface area contributed by atoms with Gasteiger partial charge in [-0.25, -0.2) is 9.97 Å². The summed E-state index contributed by atoms with van der Waals surface area (Å²) in [5, 5.41) is 2.16. The third-order valence-electron chi connectivity index (χ3n) is 12.5. The SMILES string of the molecule is [2H]c1ccc(-c2cc(-c3ccc4oc5ccccc5c4c3)cc(-c3cc(-c4cccc5c4-c4ccccc4C5(c4ccccc4)c4ccccc4)nc(-c4ccccc4)n3)c2)cc1. The van der Waals surface area contributed by atoms with Crippen LogP contribution in [-0.2, 0) is 5.41 Å². The molecule has 0 unspecified atom stereocenters. The average molecular weight is 792 g/mol. The molecule has 9 aromatic carbocycles. The molecule has 0 fully saturated rings. The molecular weight excluding hydrogens is 753 g/mol. The second-order valence-corrected chi connectivity index (χ2v) is 16.0. The molecule has 1 aliphatic rings. The van der Waals surface area contributed by atoms with Gasteiger partial charge in [-0.15, -0.1) is 0 Å². The zero-order valence-corrected chi connectivity index (χ0v) is 33.7. The third-order valence-corrected chi connectivity index (χ3v) is 12.5. The standard InChI is InChI=1S/C59H38N2O/c1-5-18-39(19-6-1)42-34-43(41-32-33-56-50(37-41)47-26-14-16-31-55(47)62-56)36-44(35-42)53-38-54(61-58(60-53)40-20-7-2-8-21-40)49-28-17-30-52-57(49)48-27-13-15-29-51(48)59(52,45-22-9-3-10-23-45)46-24-11-4-12-25-46/h1-38H/i1D. The highest BCUT2D eigenvalue weighted by molar-refractivity contribution is 6.06. The number of fused-ring (bicyclic) bond motifs is 6. The Hall–Kier alpha value is -8.14. The van der Waals surface area contributed by atoms with E-state index in [0.717, 1.165) is 72.3 Å². The summed E-state index contributed by atoms with van der Waals surface area (Å²) in [5.41, 5.74) is 17.3. The van der Waals surface area contributed by atoms with Crippen LogP contribution >= 0.6 is 0 Å². The molecule has 62 heavy (non-hydrogen) atoms. The number of furan rings is 1. The van der Waals surface area contributed by atoms with Crippen molar-refractivity contribution in [3.8, 4) is 67.3 Å².